The predicted molar refractivity (Wildman–Crippen MR) is 62.7 cm³/mol. The van der Waals surface area contributed by atoms with Crippen LogP contribution in [-0.4, -0.2) is 30.7 Å². The summed E-state index contributed by atoms with van der Waals surface area (Å²) in [7, 11) is 0. The largest absolute Gasteiger partial charge is 0.395 e. The zero-order chi connectivity index (χ0) is 11.1. The van der Waals surface area contributed by atoms with Crippen molar-refractivity contribution in [2.24, 2.45) is 0 Å². The molecule has 0 bridgehead atoms. The molecule has 0 spiro atoms. The summed E-state index contributed by atoms with van der Waals surface area (Å²) in [6.07, 6.45) is 0. The maximum Gasteiger partial charge on any atom is 0.238 e. The molecular weight excluding hydrogens is 260 g/mol. The number of nitrogens with one attached hydrogen (secondary N) is 2. The van der Waals surface area contributed by atoms with E-state index in [-0.39, 0.29) is 19.1 Å². The Hall–Kier alpha value is -0.910. The van der Waals surface area contributed by atoms with Crippen molar-refractivity contribution in [1.82, 2.24) is 5.32 Å². The third-order valence-corrected chi connectivity index (χ3v) is 2.41. The molecule has 15 heavy (non-hydrogen) atoms. The Bertz CT molecular complexity index is 331. The lowest BCUT2D eigenvalue weighted by Gasteiger charge is -2.07. The number of halogens is 1. The Balaban J connectivity index is 2.41. The van der Waals surface area contributed by atoms with Crippen LogP contribution in [0.15, 0.2) is 28.7 Å². The fourth-order valence-corrected chi connectivity index (χ4v) is 1.42. The molecule has 0 aromatic heterocycles. The summed E-state index contributed by atoms with van der Waals surface area (Å²) in [5.74, 6) is -0.129. The van der Waals surface area contributed by atoms with Crippen LogP contribution >= 0.6 is 15.9 Å². The molecule has 0 heterocycles. The number of amides is 1. The van der Waals surface area contributed by atoms with Crippen molar-refractivity contribution in [2.45, 2.75) is 0 Å². The normalized spacial score (nSPS) is 10.0. The van der Waals surface area contributed by atoms with E-state index in [1.165, 1.54) is 0 Å². The molecule has 0 unspecified atom stereocenters. The number of anilines is 1. The summed E-state index contributed by atoms with van der Waals surface area (Å²) in [4.78, 5) is 11.4. The van der Waals surface area contributed by atoms with E-state index >= 15 is 0 Å². The minimum Gasteiger partial charge on any atom is -0.395 e. The van der Waals surface area contributed by atoms with E-state index in [1.54, 1.807) is 0 Å². The van der Waals surface area contributed by atoms with Crippen LogP contribution < -0.4 is 10.6 Å². The maximum atomic E-state index is 11.4. The SMILES string of the molecule is O=C(CNCCO)Nc1ccccc1Br. The molecule has 0 aliphatic heterocycles. The first-order valence-corrected chi connectivity index (χ1v) is 5.39. The van der Waals surface area contributed by atoms with Gasteiger partial charge in [0.1, 0.15) is 0 Å². The highest BCUT2D eigenvalue weighted by Gasteiger charge is 2.03. The highest BCUT2D eigenvalue weighted by molar-refractivity contribution is 9.10. The molecule has 1 amide bonds. The van der Waals surface area contributed by atoms with Gasteiger partial charge in [-0.15, -0.1) is 0 Å². The van der Waals surface area contributed by atoms with E-state index < -0.39 is 0 Å². The van der Waals surface area contributed by atoms with Crippen LogP contribution in [0.4, 0.5) is 5.69 Å². The number of hydrogen-bond donors (Lipinski definition) is 3. The van der Waals surface area contributed by atoms with Gasteiger partial charge >= 0.3 is 0 Å². The van der Waals surface area contributed by atoms with Crippen molar-refractivity contribution in [3.8, 4) is 0 Å². The summed E-state index contributed by atoms with van der Waals surface area (Å²) < 4.78 is 0.848. The molecule has 0 aliphatic carbocycles. The van der Waals surface area contributed by atoms with Crippen molar-refractivity contribution in [3.05, 3.63) is 28.7 Å². The molecule has 0 atom stereocenters. The van der Waals surface area contributed by atoms with Gasteiger partial charge in [0.25, 0.3) is 0 Å². The Labute approximate surface area is 96.8 Å². The van der Waals surface area contributed by atoms with Gasteiger partial charge in [0, 0.05) is 11.0 Å². The smallest absolute Gasteiger partial charge is 0.238 e. The first-order valence-electron chi connectivity index (χ1n) is 4.60. The van der Waals surface area contributed by atoms with Gasteiger partial charge in [-0.1, -0.05) is 12.1 Å². The number of rotatable bonds is 5. The summed E-state index contributed by atoms with van der Waals surface area (Å²) in [6, 6.07) is 7.40. The summed E-state index contributed by atoms with van der Waals surface area (Å²) in [5.41, 5.74) is 0.744. The zero-order valence-corrected chi connectivity index (χ0v) is 9.75. The average molecular weight is 273 g/mol. The monoisotopic (exact) mass is 272 g/mol. The maximum absolute atomic E-state index is 11.4. The minimum absolute atomic E-state index is 0.0301. The Morgan fingerprint density at radius 2 is 2.13 bits per heavy atom. The molecule has 4 nitrogen and oxygen atoms in total. The van der Waals surface area contributed by atoms with E-state index in [1.807, 2.05) is 24.3 Å². The molecule has 1 aromatic rings. The first-order chi connectivity index (χ1) is 7.24. The molecule has 0 saturated heterocycles. The van der Waals surface area contributed by atoms with Gasteiger partial charge in [-0.2, -0.15) is 0 Å². The topological polar surface area (TPSA) is 61.4 Å². The third-order valence-electron chi connectivity index (χ3n) is 1.72. The van der Waals surface area contributed by atoms with Crippen LogP contribution in [0.1, 0.15) is 0 Å². The molecule has 1 aromatic carbocycles. The number of aliphatic hydroxyl groups is 1. The van der Waals surface area contributed by atoms with Gasteiger partial charge in [0.05, 0.1) is 18.8 Å². The van der Waals surface area contributed by atoms with Crippen LogP contribution in [0.25, 0.3) is 0 Å². The van der Waals surface area contributed by atoms with Crippen LogP contribution in [0, 0.1) is 0 Å². The minimum atomic E-state index is -0.129. The van der Waals surface area contributed by atoms with Crippen LogP contribution in [0.5, 0.6) is 0 Å². The van der Waals surface area contributed by atoms with Gasteiger partial charge < -0.3 is 15.7 Å². The van der Waals surface area contributed by atoms with Crippen molar-refractivity contribution in [1.29, 1.82) is 0 Å². The summed E-state index contributed by atoms with van der Waals surface area (Å²) >= 11 is 3.33. The molecule has 3 N–H and O–H groups in total. The van der Waals surface area contributed by atoms with Gasteiger partial charge in [-0.25, -0.2) is 0 Å². The molecule has 0 aliphatic rings. The van der Waals surface area contributed by atoms with Crippen molar-refractivity contribution in [3.63, 3.8) is 0 Å². The number of carbonyl (C=O) groups excluding carboxylic acids is 1. The second-order valence-corrected chi connectivity index (χ2v) is 3.78. The molecule has 5 heteroatoms. The number of para-hydroxylation sites is 1. The fraction of sp³-hybridized carbons (Fsp3) is 0.300. The van der Waals surface area contributed by atoms with Gasteiger partial charge in [0.15, 0.2) is 0 Å². The number of hydrogen-bond acceptors (Lipinski definition) is 3. The predicted octanol–water partition coefficient (Wildman–Crippen LogP) is 0.969. The van der Waals surface area contributed by atoms with Gasteiger partial charge in [-0.3, -0.25) is 4.79 Å². The lowest BCUT2D eigenvalue weighted by molar-refractivity contribution is -0.115. The van der Waals surface area contributed by atoms with Gasteiger partial charge in [0.2, 0.25) is 5.91 Å². The van der Waals surface area contributed by atoms with Crippen molar-refractivity contribution in [2.75, 3.05) is 25.0 Å². The quantitative estimate of drug-likeness (QED) is 0.700. The van der Waals surface area contributed by atoms with Crippen LogP contribution in [-0.2, 0) is 4.79 Å². The Morgan fingerprint density at radius 3 is 2.80 bits per heavy atom. The Morgan fingerprint density at radius 1 is 1.40 bits per heavy atom. The highest BCUT2D eigenvalue weighted by atomic mass is 79.9. The molecule has 0 radical (unpaired) electrons. The second-order valence-electron chi connectivity index (χ2n) is 2.93. The molecule has 0 saturated carbocycles. The Kier molecular flexibility index (Phi) is 5.31. The van der Waals surface area contributed by atoms with E-state index in [2.05, 4.69) is 26.6 Å². The van der Waals surface area contributed by atoms with Crippen LogP contribution in [0.2, 0.25) is 0 Å². The van der Waals surface area contributed by atoms with E-state index in [0.29, 0.717) is 6.54 Å². The second kappa shape index (κ2) is 6.55. The van der Waals surface area contributed by atoms with E-state index in [4.69, 9.17) is 5.11 Å². The third kappa shape index (κ3) is 4.42. The number of benzene rings is 1. The van der Waals surface area contributed by atoms with E-state index in [0.717, 1.165) is 10.2 Å². The fourth-order valence-electron chi connectivity index (χ4n) is 1.04. The van der Waals surface area contributed by atoms with E-state index in [9.17, 15) is 4.79 Å². The molecule has 82 valence electrons. The average Bonchev–Trinajstić information content (AvgIpc) is 2.22. The molecule has 0 fully saturated rings. The number of carbonyl (C=O) groups is 1. The summed E-state index contributed by atoms with van der Waals surface area (Å²) in [6.45, 7) is 0.646. The first kappa shape index (κ1) is 12.2. The number of aliphatic hydroxyl groups excluding tert-OH is 1. The summed E-state index contributed by atoms with van der Waals surface area (Å²) in [5, 5.41) is 14.0. The van der Waals surface area contributed by atoms with Crippen molar-refractivity contribution < 1.29 is 9.90 Å². The van der Waals surface area contributed by atoms with Gasteiger partial charge in [-0.05, 0) is 28.1 Å². The zero-order valence-electron chi connectivity index (χ0n) is 8.16. The highest BCUT2D eigenvalue weighted by Crippen LogP contribution is 2.20. The lowest BCUT2D eigenvalue weighted by atomic mass is 10.3. The molecular formula is C10H13BrN2O2. The molecule has 1 rings (SSSR count). The van der Waals surface area contributed by atoms with Crippen molar-refractivity contribution >= 4 is 27.5 Å². The lowest BCUT2D eigenvalue weighted by Crippen LogP contribution is -2.30. The standard InChI is InChI=1S/C10H13BrN2O2/c11-8-3-1-2-4-9(8)13-10(15)7-12-5-6-14/h1-4,12,14H,5-7H2,(H,13,15). The van der Waals surface area contributed by atoms with Crippen LogP contribution in [0.3, 0.4) is 0 Å².